The fourth-order valence-electron chi connectivity index (χ4n) is 4.09. The van der Waals surface area contributed by atoms with Crippen molar-refractivity contribution in [3.05, 3.63) is 94.0 Å². The third-order valence-corrected chi connectivity index (χ3v) is 5.78. The summed E-state index contributed by atoms with van der Waals surface area (Å²) in [5.41, 5.74) is 2.56. The van der Waals surface area contributed by atoms with Gasteiger partial charge in [-0.25, -0.2) is 4.98 Å². The largest absolute Gasteiger partial charge is 0.505 e. The summed E-state index contributed by atoms with van der Waals surface area (Å²) >= 11 is 0. The van der Waals surface area contributed by atoms with Gasteiger partial charge in [0, 0.05) is 24.0 Å². The Bertz CT molecular complexity index is 1450. The quantitative estimate of drug-likeness (QED) is 0.362. The van der Waals surface area contributed by atoms with Crippen molar-refractivity contribution in [3.63, 3.8) is 0 Å². The normalized spacial score (nSPS) is 10.9. The molecular formula is C27H25N3O5. The van der Waals surface area contributed by atoms with Crippen molar-refractivity contribution in [2.45, 2.75) is 26.3 Å². The first kappa shape index (κ1) is 23.7. The highest BCUT2D eigenvalue weighted by Gasteiger charge is 2.22. The van der Waals surface area contributed by atoms with E-state index in [1.807, 2.05) is 60.7 Å². The third-order valence-electron chi connectivity index (χ3n) is 5.78. The number of nitrogens with zero attached hydrogens (tertiary/aromatic N) is 2. The van der Waals surface area contributed by atoms with Gasteiger partial charge in [-0.05, 0) is 30.5 Å². The highest BCUT2D eigenvalue weighted by Crippen LogP contribution is 2.31. The molecule has 4 rings (SSSR count). The average Bonchev–Trinajstić information content (AvgIpc) is 2.86. The molecule has 0 saturated carbocycles. The molecule has 2 heterocycles. The molecule has 2 aromatic heterocycles. The number of nitrogens with one attached hydrogen (secondary N) is 1. The molecule has 0 fully saturated rings. The maximum absolute atomic E-state index is 13.6. The van der Waals surface area contributed by atoms with Crippen LogP contribution in [0.2, 0.25) is 0 Å². The van der Waals surface area contributed by atoms with Crippen molar-refractivity contribution in [1.29, 1.82) is 0 Å². The van der Waals surface area contributed by atoms with Gasteiger partial charge in [-0.2, -0.15) is 0 Å². The number of aryl methyl sites for hydroxylation is 3. The first-order valence-corrected chi connectivity index (χ1v) is 11.2. The Morgan fingerprint density at radius 3 is 2.34 bits per heavy atom. The monoisotopic (exact) mass is 471 g/mol. The lowest BCUT2D eigenvalue weighted by atomic mass is 10.0. The predicted molar refractivity (Wildman–Crippen MR) is 133 cm³/mol. The van der Waals surface area contributed by atoms with Crippen molar-refractivity contribution in [3.8, 4) is 16.9 Å². The first-order chi connectivity index (χ1) is 16.9. The summed E-state index contributed by atoms with van der Waals surface area (Å²) in [4.78, 5) is 41.3. The number of pyridine rings is 2. The van der Waals surface area contributed by atoms with Crippen molar-refractivity contribution in [1.82, 2.24) is 14.9 Å². The van der Waals surface area contributed by atoms with Crippen molar-refractivity contribution < 1.29 is 19.8 Å². The van der Waals surface area contributed by atoms with E-state index < -0.39 is 11.9 Å². The van der Waals surface area contributed by atoms with Crippen LogP contribution in [0.5, 0.6) is 5.75 Å². The Balaban J connectivity index is 1.87. The number of carboxylic acid groups (broad SMARTS) is 1. The predicted octanol–water partition coefficient (Wildman–Crippen LogP) is 3.52. The highest BCUT2D eigenvalue weighted by atomic mass is 16.4. The number of aromatic nitrogens is 2. The molecule has 3 N–H and O–H groups in total. The molecule has 0 unspecified atom stereocenters. The number of carbonyl (C=O) groups excluding carboxylic acids is 1. The van der Waals surface area contributed by atoms with E-state index in [-0.39, 0.29) is 30.0 Å². The van der Waals surface area contributed by atoms with Gasteiger partial charge >= 0.3 is 5.97 Å². The number of amides is 1. The first-order valence-electron chi connectivity index (χ1n) is 11.2. The van der Waals surface area contributed by atoms with Crippen LogP contribution < -0.4 is 10.9 Å². The molecule has 0 spiro atoms. The van der Waals surface area contributed by atoms with E-state index in [1.165, 1.54) is 0 Å². The van der Waals surface area contributed by atoms with Crippen LogP contribution in [0.4, 0.5) is 0 Å². The summed E-state index contributed by atoms with van der Waals surface area (Å²) in [6.45, 7) is 1.93. The molecule has 0 saturated heterocycles. The number of aromatic hydroxyl groups is 1. The second kappa shape index (κ2) is 10.2. The minimum atomic E-state index is -1.05. The Hall–Kier alpha value is -4.46. The second-order valence-corrected chi connectivity index (χ2v) is 8.17. The maximum Gasteiger partial charge on any atom is 0.305 e. The van der Waals surface area contributed by atoms with Gasteiger partial charge in [-0.1, -0.05) is 60.7 Å². The molecule has 0 aliphatic heterocycles. The molecule has 0 atom stereocenters. The zero-order valence-corrected chi connectivity index (χ0v) is 19.2. The van der Waals surface area contributed by atoms with Gasteiger partial charge in [-0.15, -0.1) is 0 Å². The van der Waals surface area contributed by atoms with E-state index in [4.69, 9.17) is 5.11 Å². The summed E-state index contributed by atoms with van der Waals surface area (Å²) in [5, 5.41) is 22.7. The standard InChI is InChI=1S/C27H25N3O5/c1-17-24-21(25(33)23(29-17)26(34)28-14-12-22(31)32)16-20(19-10-6-3-7-11-19)27(35)30(24)15-13-18-8-4-2-5-9-18/h2-11,16,33H,12-15H2,1H3,(H,28,34)(H,31,32). The van der Waals surface area contributed by atoms with Gasteiger partial charge in [0.2, 0.25) is 0 Å². The van der Waals surface area contributed by atoms with Crippen molar-refractivity contribution >= 4 is 22.8 Å². The van der Waals surface area contributed by atoms with E-state index in [1.54, 1.807) is 17.6 Å². The van der Waals surface area contributed by atoms with Crippen molar-refractivity contribution in [2.75, 3.05) is 6.54 Å². The van der Waals surface area contributed by atoms with Gasteiger partial charge in [0.1, 0.15) is 0 Å². The van der Waals surface area contributed by atoms with E-state index in [0.29, 0.717) is 40.7 Å². The van der Waals surface area contributed by atoms with Crippen LogP contribution in [0.1, 0.15) is 28.2 Å². The molecule has 8 nitrogen and oxygen atoms in total. The lowest BCUT2D eigenvalue weighted by molar-refractivity contribution is -0.136. The lowest BCUT2D eigenvalue weighted by Gasteiger charge is -2.17. The van der Waals surface area contributed by atoms with E-state index >= 15 is 0 Å². The number of rotatable bonds is 8. The number of hydrogen-bond acceptors (Lipinski definition) is 5. The average molecular weight is 472 g/mol. The van der Waals surface area contributed by atoms with Crippen molar-refractivity contribution in [2.24, 2.45) is 0 Å². The van der Waals surface area contributed by atoms with Crippen LogP contribution >= 0.6 is 0 Å². The van der Waals surface area contributed by atoms with Crippen LogP contribution in [0.15, 0.2) is 71.5 Å². The van der Waals surface area contributed by atoms with Crippen LogP contribution in [-0.4, -0.2) is 38.2 Å². The fourth-order valence-corrected chi connectivity index (χ4v) is 4.09. The van der Waals surface area contributed by atoms with E-state index in [9.17, 15) is 19.5 Å². The third kappa shape index (κ3) is 5.06. The number of hydrogen-bond donors (Lipinski definition) is 3. The molecular weight excluding hydrogens is 446 g/mol. The Morgan fingerprint density at radius 1 is 1.03 bits per heavy atom. The van der Waals surface area contributed by atoms with Crippen LogP contribution in [-0.2, 0) is 17.8 Å². The van der Waals surface area contributed by atoms with Crippen LogP contribution in [0.3, 0.4) is 0 Å². The topological polar surface area (TPSA) is 122 Å². The zero-order valence-electron chi connectivity index (χ0n) is 19.2. The molecule has 1 amide bonds. The molecule has 4 aromatic rings. The van der Waals surface area contributed by atoms with E-state index in [2.05, 4.69) is 10.3 Å². The fraction of sp³-hybridized carbons (Fsp3) is 0.185. The number of carbonyl (C=O) groups is 2. The number of fused-ring (bicyclic) bond motifs is 1. The summed E-state index contributed by atoms with van der Waals surface area (Å²) in [5.74, 6) is -2.09. The smallest absolute Gasteiger partial charge is 0.305 e. The molecule has 8 heteroatoms. The van der Waals surface area contributed by atoms with Gasteiger partial charge in [-0.3, -0.25) is 14.4 Å². The molecule has 2 aromatic carbocycles. The zero-order chi connectivity index (χ0) is 24.9. The minimum absolute atomic E-state index is 0.0990. The summed E-state index contributed by atoms with van der Waals surface area (Å²) in [6, 6.07) is 20.5. The molecule has 0 bridgehead atoms. The maximum atomic E-state index is 13.6. The second-order valence-electron chi connectivity index (χ2n) is 8.17. The van der Waals surface area contributed by atoms with Gasteiger partial charge < -0.3 is 20.1 Å². The summed E-state index contributed by atoms with van der Waals surface area (Å²) < 4.78 is 1.60. The number of carboxylic acids is 1. The lowest BCUT2D eigenvalue weighted by Crippen LogP contribution is -2.28. The summed E-state index contributed by atoms with van der Waals surface area (Å²) in [7, 11) is 0. The molecule has 35 heavy (non-hydrogen) atoms. The SMILES string of the molecule is Cc1nc(C(=O)NCCC(=O)O)c(O)c2cc(-c3ccccc3)c(=O)n(CCc3ccccc3)c12. The number of benzene rings is 2. The molecule has 0 aliphatic rings. The van der Waals surface area contributed by atoms with Gasteiger partial charge in [0.15, 0.2) is 11.4 Å². The Kier molecular flexibility index (Phi) is 6.91. The number of aliphatic carboxylic acids is 1. The van der Waals surface area contributed by atoms with E-state index in [0.717, 1.165) is 5.56 Å². The summed E-state index contributed by atoms with van der Waals surface area (Å²) in [6.07, 6.45) is 0.335. The minimum Gasteiger partial charge on any atom is -0.505 e. The Morgan fingerprint density at radius 2 is 1.69 bits per heavy atom. The van der Waals surface area contributed by atoms with Crippen LogP contribution in [0, 0.1) is 6.92 Å². The van der Waals surface area contributed by atoms with Gasteiger partial charge in [0.05, 0.1) is 17.6 Å². The molecule has 178 valence electrons. The molecule has 0 aliphatic carbocycles. The highest BCUT2D eigenvalue weighted by molar-refractivity contribution is 6.02. The van der Waals surface area contributed by atoms with Crippen LogP contribution in [0.25, 0.3) is 22.0 Å². The Labute approximate surface area is 201 Å². The molecule has 0 radical (unpaired) electrons. The van der Waals surface area contributed by atoms with Gasteiger partial charge in [0.25, 0.3) is 11.5 Å².